The molecule has 1 aromatic carbocycles. The van der Waals surface area contributed by atoms with Crippen molar-refractivity contribution in [2.75, 3.05) is 19.8 Å². The average molecular weight is 318 g/mol. The molecule has 4 heteroatoms. The highest BCUT2D eigenvalue weighted by atomic mass is 79.9. The summed E-state index contributed by atoms with van der Waals surface area (Å²) in [5.74, 6) is 0.464. The lowest BCUT2D eigenvalue weighted by atomic mass is 10.1. The van der Waals surface area contributed by atoms with Crippen LogP contribution in [0.1, 0.15) is 25.8 Å². The first kappa shape index (κ1) is 15.6. The molecule has 0 radical (unpaired) electrons. The van der Waals surface area contributed by atoms with Crippen molar-refractivity contribution in [1.29, 1.82) is 0 Å². The Balaban J connectivity index is 2.09. The zero-order valence-electron chi connectivity index (χ0n) is 11.0. The van der Waals surface area contributed by atoms with Crippen LogP contribution in [0.4, 0.5) is 4.39 Å². The van der Waals surface area contributed by atoms with Crippen LogP contribution in [0.5, 0.6) is 0 Å². The first-order valence-corrected chi connectivity index (χ1v) is 7.11. The summed E-state index contributed by atoms with van der Waals surface area (Å²) >= 11 is 3.14. The summed E-state index contributed by atoms with van der Waals surface area (Å²) in [6.07, 6.45) is 1.10. The van der Waals surface area contributed by atoms with Crippen LogP contribution in [0, 0.1) is 11.7 Å². The fraction of sp³-hybridized carbons (Fsp3) is 0.571. The lowest BCUT2D eigenvalue weighted by molar-refractivity contribution is 0.125. The van der Waals surface area contributed by atoms with Crippen molar-refractivity contribution >= 4 is 15.9 Å². The van der Waals surface area contributed by atoms with E-state index >= 15 is 0 Å². The van der Waals surface area contributed by atoms with Gasteiger partial charge in [-0.2, -0.15) is 0 Å². The van der Waals surface area contributed by atoms with Gasteiger partial charge in [0, 0.05) is 19.7 Å². The van der Waals surface area contributed by atoms with Crippen LogP contribution in [-0.2, 0) is 11.3 Å². The lowest BCUT2D eigenvalue weighted by Crippen LogP contribution is -2.19. The second-order valence-corrected chi connectivity index (χ2v) is 5.57. The number of benzene rings is 1. The van der Waals surface area contributed by atoms with E-state index in [4.69, 9.17) is 4.74 Å². The number of hydrogen-bond donors (Lipinski definition) is 1. The van der Waals surface area contributed by atoms with Gasteiger partial charge in [0.25, 0.3) is 0 Å². The van der Waals surface area contributed by atoms with Crippen LogP contribution in [-0.4, -0.2) is 19.8 Å². The molecule has 1 N–H and O–H groups in total. The summed E-state index contributed by atoms with van der Waals surface area (Å²) < 4.78 is 19.2. The quantitative estimate of drug-likeness (QED) is 0.737. The number of halogens is 2. The van der Waals surface area contributed by atoms with Gasteiger partial charge >= 0.3 is 0 Å². The van der Waals surface area contributed by atoms with Crippen molar-refractivity contribution in [3.63, 3.8) is 0 Å². The van der Waals surface area contributed by atoms with Crippen LogP contribution < -0.4 is 5.32 Å². The van der Waals surface area contributed by atoms with Crippen LogP contribution in [0.2, 0.25) is 0 Å². The number of ether oxygens (including phenoxy) is 1. The molecule has 0 saturated carbocycles. The van der Waals surface area contributed by atoms with Gasteiger partial charge in [0.2, 0.25) is 0 Å². The molecule has 1 rings (SSSR count). The predicted octanol–water partition coefficient (Wildman–Crippen LogP) is 3.74. The Bertz CT molecular complexity index is 358. The average Bonchev–Trinajstić information content (AvgIpc) is 2.32. The van der Waals surface area contributed by atoms with Crippen LogP contribution in [0.15, 0.2) is 22.7 Å². The van der Waals surface area contributed by atoms with Gasteiger partial charge in [0.05, 0.1) is 11.1 Å². The minimum atomic E-state index is -0.220. The smallest absolute Gasteiger partial charge is 0.137 e. The number of nitrogens with one attached hydrogen (secondary N) is 1. The van der Waals surface area contributed by atoms with Gasteiger partial charge in [-0.1, -0.05) is 19.9 Å². The Morgan fingerprint density at radius 1 is 1.33 bits per heavy atom. The molecule has 0 heterocycles. The molecule has 0 spiro atoms. The van der Waals surface area contributed by atoms with Crippen molar-refractivity contribution in [2.24, 2.45) is 5.92 Å². The van der Waals surface area contributed by atoms with Gasteiger partial charge in [0.15, 0.2) is 0 Å². The molecule has 0 aromatic heterocycles. The Labute approximate surface area is 117 Å². The zero-order chi connectivity index (χ0) is 13.4. The first-order valence-electron chi connectivity index (χ1n) is 6.32. The molecule has 0 saturated heterocycles. The summed E-state index contributed by atoms with van der Waals surface area (Å²) in [6, 6.07) is 5.17. The molecule has 0 unspecified atom stereocenters. The zero-order valence-corrected chi connectivity index (χ0v) is 12.6. The molecule has 2 nitrogen and oxygen atoms in total. The van der Waals surface area contributed by atoms with Crippen molar-refractivity contribution < 1.29 is 9.13 Å². The van der Waals surface area contributed by atoms with E-state index in [1.54, 1.807) is 6.07 Å². The Morgan fingerprint density at radius 2 is 2.11 bits per heavy atom. The standard InChI is InChI=1S/C14H21BrFNO/c1-11(2)5-7-18-8-6-17-10-12-3-4-13(15)14(16)9-12/h3-4,9,11,17H,5-8,10H2,1-2H3. The van der Waals surface area contributed by atoms with Gasteiger partial charge in [-0.15, -0.1) is 0 Å². The molecule has 0 amide bonds. The third kappa shape index (κ3) is 6.47. The van der Waals surface area contributed by atoms with Crippen LogP contribution >= 0.6 is 15.9 Å². The maximum absolute atomic E-state index is 13.2. The molecule has 102 valence electrons. The van der Waals surface area contributed by atoms with E-state index in [0.717, 1.165) is 25.1 Å². The predicted molar refractivity (Wildman–Crippen MR) is 76.1 cm³/mol. The van der Waals surface area contributed by atoms with E-state index < -0.39 is 0 Å². The molecule has 0 fully saturated rings. The number of rotatable bonds is 8. The molecule has 0 aliphatic heterocycles. The molecule has 18 heavy (non-hydrogen) atoms. The van der Waals surface area contributed by atoms with Crippen LogP contribution in [0.25, 0.3) is 0 Å². The molecule has 1 aromatic rings. The fourth-order valence-corrected chi connectivity index (χ4v) is 1.69. The van der Waals surface area contributed by atoms with E-state index in [0.29, 0.717) is 23.5 Å². The highest BCUT2D eigenvalue weighted by Crippen LogP contribution is 2.16. The van der Waals surface area contributed by atoms with Gasteiger partial charge in [0.1, 0.15) is 5.82 Å². The second kappa shape index (κ2) is 8.62. The maximum atomic E-state index is 13.2. The van der Waals surface area contributed by atoms with E-state index in [9.17, 15) is 4.39 Å². The minimum absolute atomic E-state index is 0.220. The van der Waals surface area contributed by atoms with Crippen molar-refractivity contribution in [2.45, 2.75) is 26.8 Å². The molecule has 0 bridgehead atoms. The summed E-state index contributed by atoms with van der Waals surface area (Å²) in [4.78, 5) is 0. The molecule has 0 aliphatic rings. The summed E-state index contributed by atoms with van der Waals surface area (Å²) in [5.41, 5.74) is 0.942. The summed E-state index contributed by atoms with van der Waals surface area (Å²) in [6.45, 7) is 7.33. The van der Waals surface area contributed by atoms with Gasteiger partial charge in [-0.25, -0.2) is 4.39 Å². The third-order valence-corrected chi connectivity index (χ3v) is 3.22. The van der Waals surface area contributed by atoms with Crippen molar-refractivity contribution in [3.8, 4) is 0 Å². The SMILES string of the molecule is CC(C)CCOCCNCc1ccc(Br)c(F)c1. The van der Waals surface area contributed by atoms with E-state index in [1.165, 1.54) is 6.07 Å². The van der Waals surface area contributed by atoms with Crippen molar-refractivity contribution in [1.82, 2.24) is 5.32 Å². The molecular formula is C14H21BrFNO. The Hall–Kier alpha value is -0.450. The van der Waals surface area contributed by atoms with Gasteiger partial charge in [-0.05, 0) is 46.0 Å². The molecular weight excluding hydrogens is 297 g/mol. The normalized spacial score (nSPS) is 11.2. The van der Waals surface area contributed by atoms with Crippen LogP contribution in [0.3, 0.4) is 0 Å². The fourth-order valence-electron chi connectivity index (χ4n) is 1.45. The third-order valence-electron chi connectivity index (χ3n) is 2.58. The van der Waals surface area contributed by atoms with Gasteiger partial charge in [-0.3, -0.25) is 0 Å². The van der Waals surface area contributed by atoms with E-state index in [2.05, 4.69) is 35.1 Å². The highest BCUT2D eigenvalue weighted by Gasteiger charge is 2.00. The topological polar surface area (TPSA) is 21.3 Å². The second-order valence-electron chi connectivity index (χ2n) is 4.72. The van der Waals surface area contributed by atoms with Gasteiger partial charge < -0.3 is 10.1 Å². The largest absolute Gasteiger partial charge is 0.380 e. The summed E-state index contributed by atoms with van der Waals surface area (Å²) in [7, 11) is 0. The molecule has 0 atom stereocenters. The first-order chi connectivity index (χ1) is 8.59. The Morgan fingerprint density at radius 3 is 2.78 bits per heavy atom. The highest BCUT2D eigenvalue weighted by molar-refractivity contribution is 9.10. The lowest BCUT2D eigenvalue weighted by Gasteiger charge is -2.08. The Kier molecular flexibility index (Phi) is 7.47. The van der Waals surface area contributed by atoms with E-state index in [-0.39, 0.29) is 5.82 Å². The van der Waals surface area contributed by atoms with E-state index in [1.807, 2.05) is 6.07 Å². The molecule has 0 aliphatic carbocycles. The van der Waals surface area contributed by atoms with Crippen molar-refractivity contribution in [3.05, 3.63) is 34.1 Å². The number of hydrogen-bond acceptors (Lipinski definition) is 2. The summed E-state index contributed by atoms with van der Waals surface area (Å²) in [5, 5.41) is 3.23. The minimum Gasteiger partial charge on any atom is -0.380 e. The monoisotopic (exact) mass is 317 g/mol. The maximum Gasteiger partial charge on any atom is 0.137 e.